The normalized spacial score (nSPS) is 21.2. The third kappa shape index (κ3) is 3.79. The molecule has 2 heterocycles. The zero-order valence-corrected chi connectivity index (χ0v) is 13.2. The standard InChI is InChI=1S/C16H22N2O5/c1-23-10-4-7-16(15(21)22)6-3-9-18(11-16)14(20)12-5-2-8-17-13(12)19/h2,5,8H,3-4,6-7,9-11H2,1H3,(H,17,19)(H,21,22). The smallest absolute Gasteiger partial charge is 0.311 e. The zero-order chi connectivity index (χ0) is 16.9. The minimum atomic E-state index is -0.964. The SMILES string of the molecule is COCCCC1(C(=O)O)CCCN(C(=O)c2ccc[nH]c2=O)C1. The van der Waals surface area contributed by atoms with Crippen LogP contribution in [-0.2, 0) is 9.53 Å². The molecule has 1 aromatic rings. The van der Waals surface area contributed by atoms with Crippen molar-refractivity contribution in [2.45, 2.75) is 25.7 Å². The summed E-state index contributed by atoms with van der Waals surface area (Å²) >= 11 is 0. The third-order valence-corrected chi connectivity index (χ3v) is 4.37. The summed E-state index contributed by atoms with van der Waals surface area (Å²) < 4.78 is 5.00. The van der Waals surface area contributed by atoms with Crippen molar-refractivity contribution in [2.24, 2.45) is 5.41 Å². The van der Waals surface area contributed by atoms with E-state index in [0.29, 0.717) is 38.8 Å². The number of nitrogens with zero attached hydrogens (tertiary/aromatic N) is 1. The van der Waals surface area contributed by atoms with Crippen molar-refractivity contribution in [2.75, 3.05) is 26.8 Å². The molecule has 0 bridgehead atoms. The van der Waals surface area contributed by atoms with E-state index in [9.17, 15) is 19.5 Å². The van der Waals surface area contributed by atoms with Gasteiger partial charge in [-0.3, -0.25) is 14.4 Å². The molecule has 1 saturated heterocycles. The average molecular weight is 322 g/mol. The van der Waals surface area contributed by atoms with E-state index >= 15 is 0 Å². The van der Waals surface area contributed by atoms with Gasteiger partial charge in [0.1, 0.15) is 5.56 Å². The summed E-state index contributed by atoms with van der Waals surface area (Å²) in [6.45, 7) is 1.08. The van der Waals surface area contributed by atoms with Crippen LogP contribution in [0.2, 0.25) is 0 Å². The summed E-state index contributed by atoms with van der Waals surface area (Å²) in [5, 5.41) is 9.67. The number of rotatable bonds is 6. The van der Waals surface area contributed by atoms with Crippen LogP contribution in [0, 0.1) is 5.41 Å². The topological polar surface area (TPSA) is 99.7 Å². The number of aromatic nitrogens is 1. The van der Waals surface area contributed by atoms with Gasteiger partial charge < -0.3 is 19.7 Å². The molecule has 7 heteroatoms. The third-order valence-electron chi connectivity index (χ3n) is 4.37. The number of ether oxygens (including phenoxy) is 1. The van der Waals surface area contributed by atoms with Crippen LogP contribution >= 0.6 is 0 Å². The Morgan fingerprint density at radius 3 is 2.91 bits per heavy atom. The van der Waals surface area contributed by atoms with Gasteiger partial charge in [-0.1, -0.05) is 0 Å². The van der Waals surface area contributed by atoms with Crippen molar-refractivity contribution in [1.29, 1.82) is 0 Å². The van der Waals surface area contributed by atoms with Gasteiger partial charge in [0.25, 0.3) is 11.5 Å². The molecule has 1 amide bonds. The second-order valence-corrected chi connectivity index (χ2v) is 5.93. The summed E-state index contributed by atoms with van der Waals surface area (Å²) in [5.41, 5.74) is -1.37. The van der Waals surface area contributed by atoms with Crippen molar-refractivity contribution >= 4 is 11.9 Å². The van der Waals surface area contributed by atoms with Gasteiger partial charge >= 0.3 is 5.97 Å². The maximum absolute atomic E-state index is 12.5. The number of aliphatic carboxylic acids is 1. The van der Waals surface area contributed by atoms with E-state index in [0.717, 1.165) is 0 Å². The van der Waals surface area contributed by atoms with Gasteiger partial charge in [-0.15, -0.1) is 0 Å². The predicted octanol–water partition coefficient (Wildman–Crippen LogP) is 1.11. The number of aromatic amines is 1. The van der Waals surface area contributed by atoms with Crippen LogP contribution in [0.4, 0.5) is 0 Å². The highest BCUT2D eigenvalue weighted by Gasteiger charge is 2.43. The van der Waals surface area contributed by atoms with E-state index in [-0.39, 0.29) is 12.1 Å². The van der Waals surface area contributed by atoms with Crippen LogP contribution in [0.1, 0.15) is 36.0 Å². The number of hydrogen-bond acceptors (Lipinski definition) is 4. The number of carbonyl (C=O) groups is 2. The highest BCUT2D eigenvalue weighted by molar-refractivity contribution is 5.94. The van der Waals surface area contributed by atoms with E-state index < -0.39 is 22.9 Å². The molecule has 0 saturated carbocycles. The fraction of sp³-hybridized carbons (Fsp3) is 0.562. The Bertz CT molecular complexity index is 627. The molecule has 0 spiro atoms. The largest absolute Gasteiger partial charge is 0.481 e. The molecule has 7 nitrogen and oxygen atoms in total. The van der Waals surface area contributed by atoms with Gasteiger partial charge in [0, 0.05) is 33.0 Å². The highest BCUT2D eigenvalue weighted by Crippen LogP contribution is 2.35. The van der Waals surface area contributed by atoms with E-state index in [1.54, 1.807) is 13.2 Å². The first-order chi connectivity index (χ1) is 11.0. The number of carbonyl (C=O) groups excluding carboxylic acids is 1. The molecule has 1 unspecified atom stereocenters. The average Bonchev–Trinajstić information content (AvgIpc) is 2.55. The van der Waals surface area contributed by atoms with Crippen LogP contribution in [0.3, 0.4) is 0 Å². The molecule has 0 aliphatic carbocycles. The number of methoxy groups -OCH3 is 1. The second kappa shape index (κ2) is 7.41. The summed E-state index contributed by atoms with van der Waals surface area (Å²) in [6.07, 6.45) is 3.67. The summed E-state index contributed by atoms with van der Waals surface area (Å²) in [5.74, 6) is -1.31. The van der Waals surface area contributed by atoms with Crippen molar-refractivity contribution in [3.8, 4) is 0 Å². The maximum Gasteiger partial charge on any atom is 0.311 e. The summed E-state index contributed by atoms with van der Waals surface area (Å²) in [4.78, 5) is 40.1. The first-order valence-corrected chi connectivity index (χ1v) is 7.69. The first kappa shape index (κ1) is 17.2. The highest BCUT2D eigenvalue weighted by atomic mass is 16.5. The lowest BCUT2D eigenvalue weighted by atomic mass is 9.76. The quantitative estimate of drug-likeness (QED) is 0.764. The lowest BCUT2D eigenvalue weighted by Crippen LogP contribution is -2.50. The molecule has 1 atom stereocenters. The first-order valence-electron chi connectivity index (χ1n) is 7.69. The van der Waals surface area contributed by atoms with Crippen LogP contribution in [0.5, 0.6) is 0 Å². The van der Waals surface area contributed by atoms with E-state index in [1.165, 1.54) is 17.2 Å². The lowest BCUT2D eigenvalue weighted by molar-refractivity contribution is -0.152. The maximum atomic E-state index is 12.5. The molecule has 0 aromatic carbocycles. The number of carboxylic acids is 1. The van der Waals surface area contributed by atoms with E-state index in [1.807, 2.05) is 0 Å². The van der Waals surface area contributed by atoms with Crippen molar-refractivity contribution in [1.82, 2.24) is 9.88 Å². The number of nitrogens with one attached hydrogen (secondary N) is 1. The van der Waals surface area contributed by atoms with Crippen molar-refractivity contribution in [3.05, 3.63) is 34.2 Å². The Morgan fingerprint density at radius 2 is 2.26 bits per heavy atom. The molecule has 23 heavy (non-hydrogen) atoms. The Kier molecular flexibility index (Phi) is 5.54. The number of hydrogen-bond donors (Lipinski definition) is 2. The van der Waals surface area contributed by atoms with Crippen molar-refractivity contribution in [3.63, 3.8) is 0 Å². The van der Waals surface area contributed by atoms with Crippen LogP contribution in [0.15, 0.2) is 23.1 Å². The van der Waals surface area contributed by atoms with Crippen LogP contribution in [0.25, 0.3) is 0 Å². The number of likely N-dealkylation sites (tertiary alicyclic amines) is 1. The predicted molar refractivity (Wildman–Crippen MR) is 83.4 cm³/mol. The summed E-state index contributed by atoms with van der Waals surface area (Å²) in [7, 11) is 1.58. The Labute approximate surface area is 134 Å². The molecule has 126 valence electrons. The van der Waals surface area contributed by atoms with Gasteiger partial charge in [-0.2, -0.15) is 0 Å². The molecule has 2 N–H and O–H groups in total. The van der Waals surface area contributed by atoms with Gasteiger partial charge in [0.15, 0.2) is 0 Å². The Hall–Kier alpha value is -2.15. The van der Waals surface area contributed by atoms with Gasteiger partial charge in [-0.25, -0.2) is 0 Å². The zero-order valence-electron chi connectivity index (χ0n) is 13.2. The minimum absolute atomic E-state index is 0.0468. The number of amides is 1. The molecule has 1 aliphatic rings. The van der Waals surface area contributed by atoms with Crippen LogP contribution in [-0.4, -0.2) is 53.7 Å². The van der Waals surface area contributed by atoms with Gasteiger partial charge in [0.05, 0.1) is 5.41 Å². The molecular formula is C16H22N2O5. The molecule has 1 aromatic heterocycles. The molecular weight excluding hydrogens is 300 g/mol. The molecule has 1 aliphatic heterocycles. The number of H-pyrrole nitrogens is 1. The Balaban J connectivity index is 2.18. The van der Waals surface area contributed by atoms with Crippen molar-refractivity contribution < 1.29 is 19.4 Å². The molecule has 1 fully saturated rings. The van der Waals surface area contributed by atoms with E-state index in [2.05, 4.69) is 4.98 Å². The number of carboxylic acid groups (broad SMARTS) is 1. The van der Waals surface area contributed by atoms with Crippen LogP contribution < -0.4 is 5.56 Å². The number of pyridine rings is 1. The second-order valence-electron chi connectivity index (χ2n) is 5.93. The van der Waals surface area contributed by atoms with Gasteiger partial charge in [-0.05, 0) is 37.8 Å². The monoisotopic (exact) mass is 322 g/mol. The minimum Gasteiger partial charge on any atom is -0.481 e. The van der Waals surface area contributed by atoms with Gasteiger partial charge in [0.2, 0.25) is 0 Å². The number of piperidine rings is 1. The molecule has 2 rings (SSSR count). The lowest BCUT2D eigenvalue weighted by Gasteiger charge is -2.40. The molecule has 0 radical (unpaired) electrons. The van der Waals surface area contributed by atoms with E-state index in [4.69, 9.17) is 4.74 Å². The fourth-order valence-corrected chi connectivity index (χ4v) is 3.11. The fourth-order valence-electron chi connectivity index (χ4n) is 3.11. The summed E-state index contributed by atoms with van der Waals surface area (Å²) in [6, 6.07) is 3.05. The Morgan fingerprint density at radius 1 is 1.48 bits per heavy atom.